The second-order valence-corrected chi connectivity index (χ2v) is 11.3. The highest BCUT2D eigenvalue weighted by Crippen LogP contribution is 2.32. The van der Waals surface area contributed by atoms with Crippen molar-refractivity contribution in [3.8, 4) is 28.8 Å². The molecule has 1 saturated heterocycles. The number of pyridine rings is 1. The number of aromatic nitrogens is 2. The Balaban J connectivity index is 1.37. The van der Waals surface area contributed by atoms with E-state index in [1.807, 2.05) is 66.9 Å². The van der Waals surface area contributed by atoms with Crippen molar-refractivity contribution in [1.29, 1.82) is 0 Å². The van der Waals surface area contributed by atoms with Crippen LogP contribution in [0.1, 0.15) is 40.7 Å². The van der Waals surface area contributed by atoms with Gasteiger partial charge in [-0.25, -0.2) is 4.98 Å². The fraction of sp³-hybridized carbons (Fsp3) is 0.235. The summed E-state index contributed by atoms with van der Waals surface area (Å²) >= 11 is 3.58. The molecule has 206 valence electrons. The first-order valence-electron chi connectivity index (χ1n) is 13.9. The van der Waals surface area contributed by atoms with E-state index in [2.05, 4.69) is 49.0 Å². The van der Waals surface area contributed by atoms with E-state index in [-0.39, 0.29) is 5.91 Å². The summed E-state index contributed by atoms with van der Waals surface area (Å²) in [4.78, 5) is 24.5. The van der Waals surface area contributed by atoms with Gasteiger partial charge in [-0.15, -0.1) is 0 Å². The number of carbonyl (C=O) groups is 1. The Morgan fingerprint density at radius 1 is 1.05 bits per heavy atom. The molecule has 0 bridgehead atoms. The number of hydrogen-bond acceptors (Lipinski definition) is 4. The first kappa shape index (κ1) is 27.1. The van der Waals surface area contributed by atoms with Gasteiger partial charge in [0.15, 0.2) is 0 Å². The number of fused-ring (bicyclic) bond motifs is 2. The monoisotopic (exact) mass is 606 g/mol. The summed E-state index contributed by atoms with van der Waals surface area (Å²) < 4.78 is 6.33. The molecule has 0 saturated carbocycles. The molecule has 41 heavy (non-hydrogen) atoms. The molecular weight excluding hydrogens is 576 g/mol. The molecule has 1 aliphatic heterocycles. The van der Waals surface area contributed by atoms with Gasteiger partial charge in [0, 0.05) is 44.6 Å². The number of ether oxygens (including phenoxy) is 1. The van der Waals surface area contributed by atoms with Crippen LogP contribution in [0.2, 0.25) is 0 Å². The van der Waals surface area contributed by atoms with Crippen molar-refractivity contribution in [2.45, 2.75) is 25.8 Å². The number of nitrogens with zero attached hydrogens (tertiary/aromatic N) is 2. The fourth-order valence-corrected chi connectivity index (χ4v) is 5.73. The number of rotatable bonds is 6. The minimum atomic E-state index is -0.166. The van der Waals surface area contributed by atoms with E-state index in [0.29, 0.717) is 12.1 Å². The molecule has 1 amide bonds. The summed E-state index contributed by atoms with van der Waals surface area (Å²) in [5.74, 6) is 7.24. The highest BCUT2D eigenvalue weighted by Gasteiger charge is 2.17. The van der Waals surface area contributed by atoms with Crippen molar-refractivity contribution in [3.63, 3.8) is 0 Å². The number of hydrogen-bond donors (Lipinski definition) is 2. The number of methoxy groups -OCH3 is 1. The molecule has 0 spiro atoms. The van der Waals surface area contributed by atoms with Gasteiger partial charge in [0.2, 0.25) is 0 Å². The standard InChI is InChI=1S/C34H31BrN4O2/c1-41-26-9-5-7-24(17-26)21-37-34(40)29-20-33(30-22-36-31-13-11-25(35)19-28(30)31)38-32-12-10-23(18-27(29)32)8-6-16-39-14-3-2-4-15-39/h5,7,9-13,17-20,22,36H,2-4,14-16,21H2,1H3,(H,37,40). The molecular formula is C34H31BrN4O2. The average Bonchev–Trinajstić information content (AvgIpc) is 3.43. The van der Waals surface area contributed by atoms with Crippen molar-refractivity contribution >= 4 is 43.6 Å². The van der Waals surface area contributed by atoms with Crippen molar-refractivity contribution in [2.24, 2.45) is 0 Å². The summed E-state index contributed by atoms with van der Waals surface area (Å²) in [6.45, 7) is 3.37. The van der Waals surface area contributed by atoms with Crippen molar-refractivity contribution in [1.82, 2.24) is 20.2 Å². The molecule has 0 atom stereocenters. The maximum absolute atomic E-state index is 13.7. The Morgan fingerprint density at radius 3 is 2.78 bits per heavy atom. The molecule has 6 nitrogen and oxygen atoms in total. The molecule has 2 N–H and O–H groups in total. The number of likely N-dealkylation sites (tertiary alicyclic amines) is 1. The van der Waals surface area contributed by atoms with Gasteiger partial charge >= 0.3 is 0 Å². The van der Waals surface area contributed by atoms with Crippen LogP contribution in [0, 0.1) is 11.8 Å². The van der Waals surface area contributed by atoms with Crippen molar-refractivity contribution in [2.75, 3.05) is 26.7 Å². The topological polar surface area (TPSA) is 70.2 Å². The summed E-state index contributed by atoms with van der Waals surface area (Å²) in [6, 6.07) is 21.6. The molecule has 6 rings (SSSR count). The van der Waals surface area contributed by atoms with Crippen LogP contribution in [0.25, 0.3) is 33.1 Å². The minimum Gasteiger partial charge on any atom is -0.497 e. The third-order valence-electron chi connectivity index (χ3n) is 7.54. The quantitative estimate of drug-likeness (QED) is 0.206. The van der Waals surface area contributed by atoms with Gasteiger partial charge in [-0.3, -0.25) is 9.69 Å². The van der Waals surface area contributed by atoms with E-state index in [0.717, 1.165) is 74.0 Å². The summed E-state index contributed by atoms with van der Waals surface area (Å²) in [5, 5.41) is 4.92. The van der Waals surface area contributed by atoms with Crippen LogP contribution in [0.15, 0.2) is 77.4 Å². The van der Waals surface area contributed by atoms with E-state index < -0.39 is 0 Å². The van der Waals surface area contributed by atoms with Gasteiger partial charge in [-0.05, 0) is 86.1 Å². The number of carbonyl (C=O) groups excluding carboxylic acids is 1. The van der Waals surface area contributed by atoms with Crippen LogP contribution in [0.5, 0.6) is 5.75 Å². The zero-order valence-corrected chi connectivity index (χ0v) is 24.6. The van der Waals surface area contributed by atoms with Crippen molar-refractivity contribution in [3.05, 3.63) is 94.1 Å². The Kier molecular flexibility index (Phi) is 8.04. The van der Waals surface area contributed by atoms with E-state index in [1.165, 1.54) is 19.3 Å². The van der Waals surface area contributed by atoms with E-state index in [9.17, 15) is 4.79 Å². The van der Waals surface area contributed by atoms with Crippen LogP contribution in [0.4, 0.5) is 0 Å². The molecule has 2 aromatic heterocycles. The zero-order valence-electron chi connectivity index (χ0n) is 23.0. The molecule has 0 aliphatic carbocycles. The molecule has 1 fully saturated rings. The third-order valence-corrected chi connectivity index (χ3v) is 8.04. The van der Waals surface area contributed by atoms with Gasteiger partial charge in [0.25, 0.3) is 5.91 Å². The first-order valence-corrected chi connectivity index (χ1v) is 14.7. The first-order chi connectivity index (χ1) is 20.1. The number of benzene rings is 3. The number of piperidine rings is 1. The Morgan fingerprint density at radius 2 is 1.93 bits per heavy atom. The fourth-order valence-electron chi connectivity index (χ4n) is 5.37. The number of halogens is 1. The average molecular weight is 608 g/mol. The largest absolute Gasteiger partial charge is 0.497 e. The number of amides is 1. The molecule has 1 aliphatic rings. The highest BCUT2D eigenvalue weighted by atomic mass is 79.9. The summed E-state index contributed by atoms with van der Waals surface area (Å²) in [6.07, 6.45) is 5.74. The van der Waals surface area contributed by atoms with Gasteiger partial charge < -0.3 is 15.0 Å². The minimum absolute atomic E-state index is 0.166. The smallest absolute Gasteiger partial charge is 0.252 e. The number of aromatic amines is 1. The van der Waals surface area contributed by atoms with Gasteiger partial charge in [-0.1, -0.05) is 46.3 Å². The lowest BCUT2D eigenvalue weighted by Gasteiger charge is -2.23. The summed E-state index contributed by atoms with van der Waals surface area (Å²) in [7, 11) is 1.64. The normalized spacial score (nSPS) is 13.6. The second kappa shape index (κ2) is 12.2. The predicted octanol–water partition coefficient (Wildman–Crippen LogP) is 6.92. The summed E-state index contributed by atoms with van der Waals surface area (Å²) in [5.41, 5.74) is 5.84. The molecule has 3 heterocycles. The predicted molar refractivity (Wildman–Crippen MR) is 168 cm³/mol. The molecule has 0 radical (unpaired) electrons. The number of nitrogens with one attached hydrogen (secondary N) is 2. The molecule has 5 aromatic rings. The third kappa shape index (κ3) is 6.14. The Bertz CT molecular complexity index is 1790. The van der Waals surface area contributed by atoms with Gasteiger partial charge in [0.05, 0.1) is 30.4 Å². The number of H-pyrrole nitrogens is 1. The van der Waals surface area contributed by atoms with Crippen LogP contribution >= 0.6 is 15.9 Å². The van der Waals surface area contributed by atoms with Gasteiger partial charge in [-0.2, -0.15) is 0 Å². The molecule has 0 unspecified atom stereocenters. The van der Waals surface area contributed by atoms with Crippen LogP contribution in [0.3, 0.4) is 0 Å². The maximum atomic E-state index is 13.7. The van der Waals surface area contributed by atoms with Crippen LogP contribution in [-0.4, -0.2) is 47.5 Å². The Labute approximate surface area is 248 Å². The van der Waals surface area contributed by atoms with Crippen LogP contribution in [-0.2, 0) is 6.54 Å². The lowest BCUT2D eigenvalue weighted by atomic mass is 10.0. The SMILES string of the molecule is COc1cccc(CNC(=O)c2cc(-c3c[nH]c4ccc(Br)cc34)nc3ccc(C#CCN4CCCCC4)cc23)c1. The van der Waals surface area contributed by atoms with Gasteiger partial charge in [0.1, 0.15) is 5.75 Å². The van der Waals surface area contributed by atoms with E-state index in [1.54, 1.807) is 7.11 Å². The highest BCUT2D eigenvalue weighted by molar-refractivity contribution is 9.10. The van der Waals surface area contributed by atoms with Crippen LogP contribution < -0.4 is 10.1 Å². The molecule has 3 aromatic carbocycles. The van der Waals surface area contributed by atoms with Crippen molar-refractivity contribution < 1.29 is 9.53 Å². The lowest BCUT2D eigenvalue weighted by molar-refractivity contribution is 0.0952. The lowest BCUT2D eigenvalue weighted by Crippen LogP contribution is -2.29. The Hall–Kier alpha value is -4.12. The van der Waals surface area contributed by atoms with E-state index >= 15 is 0 Å². The second-order valence-electron chi connectivity index (χ2n) is 10.4. The maximum Gasteiger partial charge on any atom is 0.252 e. The molecule has 7 heteroatoms. The van der Waals surface area contributed by atoms with E-state index in [4.69, 9.17) is 9.72 Å². The zero-order chi connectivity index (χ0) is 28.2.